The van der Waals surface area contributed by atoms with Crippen LogP contribution in [0.25, 0.3) is 0 Å². The molecule has 1 fully saturated rings. The fraction of sp³-hybridized carbons (Fsp3) is 0.211. The van der Waals surface area contributed by atoms with Crippen LogP contribution in [0.15, 0.2) is 54.6 Å². The molecule has 0 bridgehead atoms. The summed E-state index contributed by atoms with van der Waals surface area (Å²) in [6, 6.07) is 15.2. The van der Waals surface area contributed by atoms with Crippen LogP contribution < -0.4 is 10.6 Å². The second-order valence-corrected chi connectivity index (χ2v) is 5.80. The Morgan fingerprint density at radius 2 is 1.84 bits per heavy atom. The number of amides is 2. The van der Waals surface area contributed by atoms with E-state index in [4.69, 9.17) is 10.5 Å². The van der Waals surface area contributed by atoms with Crippen molar-refractivity contribution in [1.29, 1.82) is 0 Å². The fourth-order valence-electron chi connectivity index (χ4n) is 2.82. The normalized spacial score (nSPS) is 15.0. The maximum absolute atomic E-state index is 12.4. The van der Waals surface area contributed by atoms with Crippen molar-refractivity contribution in [2.45, 2.75) is 18.9 Å². The van der Waals surface area contributed by atoms with Gasteiger partial charge in [-0.2, -0.15) is 0 Å². The number of hydrogen-bond donors (Lipinski definition) is 1. The van der Waals surface area contributed by atoms with Gasteiger partial charge in [-0.25, -0.2) is 4.79 Å². The van der Waals surface area contributed by atoms with Gasteiger partial charge in [-0.15, -0.1) is 0 Å². The molecular formula is C19H18N2O4. The average molecular weight is 338 g/mol. The Labute approximate surface area is 145 Å². The SMILES string of the molecule is NC(=O)[C@@H](OC(=O)c1cccc(N2CCCC2=O)c1)c1ccccc1. The van der Waals surface area contributed by atoms with Gasteiger partial charge in [0.1, 0.15) is 0 Å². The second kappa shape index (κ2) is 7.17. The molecule has 25 heavy (non-hydrogen) atoms. The van der Waals surface area contributed by atoms with Gasteiger partial charge in [0.25, 0.3) is 5.91 Å². The Bertz CT molecular complexity index is 804. The first-order valence-electron chi connectivity index (χ1n) is 8.02. The predicted octanol–water partition coefficient (Wildman–Crippen LogP) is 2.20. The number of primary amides is 1. The highest BCUT2D eigenvalue weighted by Crippen LogP contribution is 2.24. The van der Waals surface area contributed by atoms with Crippen molar-refractivity contribution in [2.75, 3.05) is 11.4 Å². The van der Waals surface area contributed by atoms with Gasteiger partial charge in [0, 0.05) is 24.2 Å². The number of benzene rings is 2. The summed E-state index contributed by atoms with van der Waals surface area (Å²) in [6.45, 7) is 0.630. The van der Waals surface area contributed by atoms with Crippen LogP contribution in [-0.2, 0) is 14.3 Å². The molecule has 2 aromatic rings. The Hall–Kier alpha value is -3.15. The summed E-state index contributed by atoms with van der Waals surface area (Å²) >= 11 is 0. The molecule has 1 atom stereocenters. The molecular weight excluding hydrogens is 320 g/mol. The summed E-state index contributed by atoms with van der Waals surface area (Å²) in [6.07, 6.45) is 0.142. The standard InChI is InChI=1S/C19H18N2O4/c20-18(23)17(13-6-2-1-3-7-13)25-19(24)14-8-4-9-15(12-14)21-11-5-10-16(21)22/h1-4,6-9,12,17H,5,10-11H2,(H2,20,23)/t17-/m0/s1. The first kappa shape index (κ1) is 16.7. The lowest BCUT2D eigenvalue weighted by Crippen LogP contribution is -2.26. The van der Waals surface area contributed by atoms with Crippen molar-refractivity contribution in [3.8, 4) is 0 Å². The summed E-state index contributed by atoms with van der Waals surface area (Å²) in [7, 11) is 0. The number of hydrogen-bond acceptors (Lipinski definition) is 4. The molecule has 0 unspecified atom stereocenters. The van der Waals surface area contributed by atoms with E-state index in [0.717, 1.165) is 6.42 Å². The molecule has 0 aliphatic carbocycles. The topological polar surface area (TPSA) is 89.7 Å². The molecule has 6 nitrogen and oxygen atoms in total. The summed E-state index contributed by atoms with van der Waals surface area (Å²) in [5.74, 6) is -1.38. The minimum Gasteiger partial charge on any atom is -0.444 e. The summed E-state index contributed by atoms with van der Waals surface area (Å²) in [4.78, 5) is 37.6. The molecule has 1 aliphatic heterocycles. The van der Waals surface area contributed by atoms with Gasteiger partial charge >= 0.3 is 5.97 Å². The number of esters is 1. The van der Waals surface area contributed by atoms with Gasteiger partial charge in [-0.3, -0.25) is 9.59 Å². The highest BCUT2D eigenvalue weighted by atomic mass is 16.5. The van der Waals surface area contributed by atoms with Crippen molar-refractivity contribution in [3.05, 3.63) is 65.7 Å². The van der Waals surface area contributed by atoms with Crippen LogP contribution in [0.4, 0.5) is 5.69 Å². The maximum atomic E-state index is 12.4. The van der Waals surface area contributed by atoms with Crippen LogP contribution in [0.3, 0.4) is 0 Å². The van der Waals surface area contributed by atoms with Gasteiger partial charge in [-0.1, -0.05) is 36.4 Å². The molecule has 128 valence electrons. The van der Waals surface area contributed by atoms with Crippen molar-refractivity contribution in [2.24, 2.45) is 5.73 Å². The monoisotopic (exact) mass is 338 g/mol. The summed E-state index contributed by atoms with van der Waals surface area (Å²) in [5.41, 5.74) is 6.79. The Balaban J connectivity index is 1.80. The Kier molecular flexibility index (Phi) is 4.79. The minimum atomic E-state index is -1.16. The van der Waals surface area contributed by atoms with E-state index in [1.807, 2.05) is 0 Å². The second-order valence-electron chi connectivity index (χ2n) is 5.80. The van der Waals surface area contributed by atoms with Crippen LogP contribution in [0.2, 0.25) is 0 Å². The largest absolute Gasteiger partial charge is 0.444 e. The van der Waals surface area contributed by atoms with Crippen molar-refractivity contribution < 1.29 is 19.1 Å². The molecule has 2 aromatic carbocycles. The molecule has 0 spiro atoms. The molecule has 2 N–H and O–H groups in total. The van der Waals surface area contributed by atoms with E-state index in [9.17, 15) is 14.4 Å². The van der Waals surface area contributed by atoms with Crippen molar-refractivity contribution in [1.82, 2.24) is 0 Å². The number of carbonyl (C=O) groups excluding carboxylic acids is 3. The van der Waals surface area contributed by atoms with Gasteiger partial charge in [-0.05, 0) is 24.6 Å². The molecule has 1 aliphatic rings. The van der Waals surface area contributed by atoms with E-state index in [-0.39, 0.29) is 11.5 Å². The molecule has 3 rings (SSSR count). The van der Waals surface area contributed by atoms with Crippen LogP contribution in [-0.4, -0.2) is 24.3 Å². The van der Waals surface area contributed by atoms with E-state index in [2.05, 4.69) is 0 Å². The number of ether oxygens (including phenoxy) is 1. The van der Waals surface area contributed by atoms with Gasteiger partial charge < -0.3 is 15.4 Å². The van der Waals surface area contributed by atoms with E-state index < -0.39 is 18.0 Å². The van der Waals surface area contributed by atoms with Crippen LogP contribution >= 0.6 is 0 Å². The number of anilines is 1. The van der Waals surface area contributed by atoms with Gasteiger partial charge in [0.15, 0.2) is 0 Å². The third kappa shape index (κ3) is 3.68. The Morgan fingerprint density at radius 1 is 1.08 bits per heavy atom. The molecule has 0 saturated carbocycles. The maximum Gasteiger partial charge on any atom is 0.339 e. The highest BCUT2D eigenvalue weighted by molar-refractivity contribution is 5.98. The first-order chi connectivity index (χ1) is 12.1. The van der Waals surface area contributed by atoms with Gasteiger partial charge in [0.2, 0.25) is 12.0 Å². The summed E-state index contributed by atoms with van der Waals surface area (Å²) in [5, 5.41) is 0. The quantitative estimate of drug-likeness (QED) is 0.846. The number of nitrogens with two attached hydrogens (primary N) is 1. The molecule has 0 aromatic heterocycles. The lowest BCUT2D eigenvalue weighted by molar-refractivity contribution is -0.127. The molecule has 0 radical (unpaired) electrons. The van der Waals surface area contributed by atoms with Crippen LogP contribution in [0, 0.1) is 0 Å². The number of nitrogens with zero attached hydrogens (tertiary/aromatic N) is 1. The smallest absolute Gasteiger partial charge is 0.339 e. The third-order valence-corrected chi connectivity index (χ3v) is 4.05. The zero-order chi connectivity index (χ0) is 17.8. The lowest BCUT2D eigenvalue weighted by Gasteiger charge is -2.18. The highest BCUT2D eigenvalue weighted by Gasteiger charge is 2.25. The van der Waals surface area contributed by atoms with E-state index >= 15 is 0 Å². The predicted molar refractivity (Wildman–Crippen MR) is 91.8 cm³/mol. The molecule has 1 heterocycles. The zero-order valence-corrected chi connectivity index (χ0v) is 13.6. The minimum absolute atomic E-state index is 0.0322. The Morgan fingerprint density at radius 3 is 2.48 bits per heavy atom. The van der Waals surface area contributed by atoms with E-state index in [1.54, 1.807) is 59.5 Å². The lowest BCUT2D eigenvalue weighted by atomic mass is 10.1. The van der Waals surface area contributed by atoms with Gasteiger partial charge in [0.05, 0.1) is 5.56 Å². The fourth-order valence-corrected chi connectivity index (χ4v) is 2.82. The third-order valence-electron chi connectivity index (χ3n) is 4.05. The number of rotatable bonds is 5. The van der Waals surface area contributed by atoms with E-state index in [0.29, 0.717) is 24.2 Å². The average Bonchev–Trinajstić information content (AvgIpc) is 3.06. The van der Waals surface area contributed by atoms with Crippen molar-refractivity contribution in [3.63, 3.8) is 0 Å². The van der Waals surface area contributed by atoms with Crippen molar-refractivity contribution >= 4 is 23.5 Å². The molecule has 1 saturated heterocycles. The molecule has 2 amide bonds. The van der Waals surface area contributed by atoms with E-state index in [1.165, 1.54) is 0 Å². The molecule has 6 heteroatoms. The van der Waals surface area contributed by atoms with Crippen LogP contribution in [0.1, 0.15) is 34.9 Å². The van der Waals surface area contributed by atoms with Crippen LogP contribution in [0.5, 0.6) is 0 Å². The first-order valence-corrected chi connectivity index (χ1v) is 8.02. The zero-order valence-electron chi connectivity index (χ0n) is 13.6. The number of carbonyl (C=O) groups is 3. The summed E-state index contributed by atoms with van der Waals surface area (Å²) < 4.78 is 5.31.